The average Bonchev–Trinajstić information content (AvgIpc) is 2.71. The maximum atomic E-state index is 12.6. The van der Waals surface area contributed by atoms with Crippen LogP contribution in [0.15, 0.2) is 27.4 Å². The number of benzene rings is 2. The normalized spacial score (nSPS) is 17.3. The van der Waals surface area contributed by atoms with Gasteiger partial charge < -0.3 is 23.7 Å². The zero-order chi connectivity index (χ0) is 22.7. The Kier molecular flexibility index (Phi) is 4.72. The molecular formula is C23H17ClO8. The number of carbonyl (C=O) groups excluding carboxylic acids is 2. The molecule has 2 aliphatic rings. The Morgan fingerprint density at radius 3 is 2.72 bits per heavy atom. The predicted molar refractivity (Wildman–Crippen MR) is 113 cm³/mol. The van der Waals surface area contributed by atoms with Crippen LogP contribution in [0.3, 0.4) is 0 Å². The number of halogens is 1. The van der Waals surface area contributed by atoms with Crippen LogP contribution in [0, 0.1) is 6.92 Å². The van der Waals surface area contributed by atoms with Gasteiger partial charge in [0.2, 0.25) is 0 Å². The third-order valence-electron chi connectivity index (χ3n) is 5.71. The van der Waals surface area contributed by atoms with E-state index in [1.807, 2.05) is 0 Å². The SMILES string of the molecule is CC(=O)c1c2c(c3oc(=O)cc(C)c3c1O)C(c1cc(Cl)cc3c1OCOC3)CC(=O)O2. The highest BCUT2D eigenvalue weighted by Crippen LogP contribution is 2.51. The zero-order valence-corrected chi connectivity index (χ0v) is 17.9. The highest BCUT2D eigenvalue weighted by molar-refractivity contribution is 6.30. The van der Waals surface area contributed by atoms with Crippen molar-refractivity contribution in [2.75, 3.05) is 6.79 Å². The minimum atomic E-state index is -0.706. The highest BCUT2D eigenvalue weighted by atomic mass is 35.5. The summed E-state index contributed by atoms with van der Waals surface area (Å²) in [5.41, 5.74) is 1.26. The van der Waals surface area contributed by atoms with Gasteiger partial charge >= 0.3 is 11.6 Å². The Morgan fingerprint density at radius 2 is 1.97 bits per heavy atom. The Hall–Kier alpha value is -3.36. The van der Waals surface area contributed by atoms with Crippen LogP contribution in [0.4, 0.5) is 0 Å². The molecule has 8 nitrogen and oxygen atoms in total. The summed E-state index contributed by atoms with van der Waals surface area (Å²) in [6.45, 7) is 3.18. The second kappa shape index (κ2) is 7.36. The van der Waals surface area contributed by atoms with Crippen molar-refractivity contribution in [1.82, 2.24) is 0 Å². The predicted octanol–water partition coefficient (Wildman–Crippen LogP) is 3.97. The highest BCUT2D eigenvalue weighted by Gasteiger charge is 2.39. The molecule has 1 aromatic heterocycles. The molecule has 0 saturated carbocycles. The van der Waals surface area contributed by atoms with E-state index in [2.05, 4.69) is 0 Å². The van der Waals surface area contributed by atoms with Crippen molar-refractivity contribution in [3.05, 3.63) is 61.5 Å². The Balaban J connectivity index is 1.93. The molecular weight excluding hydrogens is 440 g/mol. The number of phenolic OH excluding ortho intramolecular Hbond substituents is 1. The topological polar surface area (TPSA) is 112 Å². The van der Waals surface area contributed by atoms with Crippen molar-refractivity contribution in [1.29, 1.82) is 0 Å². The minimum Gasteiger partial charge on any atom is -0.506 e. The number of fused-ring (bicyclic) bond motifs is 4. The summed E-state index contributed by atoms with van der Waals surface area (Å²) >= 11 is 6.35. The van der Waals surface area contributed by atoms with E-state index < -0.39 is 29.0 Å². The van der Waals surface area contributed by atoms with Gasteiger partial charge in [0, 0.05) is 33.7 Å². The number of hydrogen-bond acceptors (Lipinski definition) is 8. The van der Waals surface area contributed by atoms with Crippen LogP contribution in [0.25, 0.3) is 11.0 Å². The number of aryl methyl sites for hydroxylation is 1. The standard InChI is InChI=1S/C23H17ClO8/c1-9-3-15(26)31-22-17(9)20(28)18(10(2)25)23-19(22)13(6-16(27)32-23)14-5-12(24)4-11-7-29-8-30-21(11)14/h3-5,13,28H,6-8H2,1-2H3. The molecule has 0 radical (unpaired) electrons. The monoisotopic (exact) mass is 456 g/mol. The first-order chi connectivity index (χ1) is 15.3. The lowest BCUT2D eigenvalue weighted by atomic mass is 9.81. The third-order valence-corrected chi connectivity index (χ3v) is 5.93. The third kappa shape index (κ3) is 3.06. The molecule has 164 valence electrons. The summed E-state index contributed by atoms with van der Waals surface area (Å²) in [5, 5.41) is 11.5. The quantitative estimate of drug-likeness (QED) is 0.267. The van der Waals surface area contributed by atoms with Gasteiger partial charge in [-0.1, -0.05) is 11.6 Å². The van der Waals surface area contributed by atoms with Crippen molar-refractivity contribution in [3.63, 3.8) is 0 Å². The largest absolute Gasteiger partial charge is 0.506 e. The molecule has 9 heteroatoms. The fraction of sp³-hybridized carbons (Fsp3) is 0.261. The van der Waals surface area contributed by atoms with Crippen molar-refractivity contribution in [3.8, 4) is 17.2 Å². The summed E-state index contributed by atoms with van der Waals surface area (Å²) < 4.78 is 22.0. The maximum Gasteiger partial charge on any atom is 0.336 e. The molecule has 3 heterocycles. The number of carbonyl (C=O) groups is 2. The number of Topliss-reactive ketones (excluding diaryl/α,β-unsaturated/α-hetero) is 1. The summed E-state index contributed by atoms with van der Waals surface area (Å²) in [6, 6.07) is 4.60. The second-order valence-corrected chi connectivity index (χ2v) is 8.24. The van der Waals surface area contributed by atoms with Crippen LogP contribution in [-0.2, 0) is 16.1 Å². The first-order valence-corrected chi connectivity index (χ1v) is 10.2. The van der Waals surface area contributed by atoms with Gasteiger partial charge in [-0.15, -0.1) is 0 Å². The van der Waals surface area contributed by atoms with Crippen LogP contribution >= 0.6 is 11.6 Å². The number of aromatic hydroxyl groups is 1. The van der Waals surface area contributed by atoms with E-state index in [4.69, 9.17) is 30.2 Å². The minimum absolute atomic E-state index is 0.0227. The summed E-state index contributed by atoms with van der Waals surface area (Å²) in [5.74, 6) is -1.84. The first-order valence-electron chi connectivity index (χ1n) is 9.84. The van der Waals surface area contributed by atoms with E-state index in [9.17, 15) is 19.5 Å². The van der Waals surface area contributed by atoms with E-state index in [1.165, 1.54) is 13.0 Å². The number of ether oxygens (including phenoxy) is 3. The smallest absolute Gasteiger partial charge is 0.336 e. The number of hydrogen-bond donors (Lipinski definition) is 1. The maximum absolute atomic E-state index is 12.6. The van der Waals surface area contributed by atoms with Gasteiger partial charge in [-0.2, -0.15) is 0 Å². The fourth-order valence-corrected chi connectivity index (χ4v) is 4.72. The lowest BCUT2D eigenvalue weighted by molar-refractivity contribution is -0.135. The molecule has 5 rings (SSSR count). The van der Waals surface area contributed by atoms with Gasteiger partial charge in [-0.25, -0.2) is 4.79 Å². The molecule has 1 unspecified atom stereocenters. The van der Waals surface area contributed by atoms with Crippen LogP contribution in [0.1, 0.15) is 51.9 Å². The molecule has 1 atom stereocenters. The van der Waals surface area contributed by atoms with Gasteiger partial charge in [0.05, 0.1) is 18.4 Å². The van der Waals surface area contributed by atoms with Gasteiger partial charge in [0.25, 0.3) is 0 Å². The van der Waals surface area contributed by atoms with Crippen LogP contribution in [0.2, 0.25) is 5.02 Å². The molecule has 0 bridgehead atoms. The van der Waals surface area contributed by atoms with Crippen molar-refractivity contribution in [2.45, 2.75) is 32.8 Å². The van der Waals surface area contributed by atoms with E-state index in [0.717, 1.165) is 0 Å². The molecule has 0 saturated heterocycles. The van der Waals surface area contributed by atoms with E-state index in [0.29, 0.717) is 33.0 Å². The van der Waals surface area contributed by atoms with Gasteiger partial charge in [0.1, 0.15) is 22.6 Å². The molecule has 0 fully saturated rings. The Morgan fingerprint density at radius 1 is 1.19 bits per heavy atom. The molecule has 2 aromatic carbocycles. The van der Waals surface area contributed by atoms with Crippen LogP contribution in [-0.4, -0.2) is 23.7 Å². The molecule has 0 spiro atoms. The summed E-state index contributed by atoms with van der Waals surface area (Å²) in [6.07, 6.45) is -0.112. The molecule has 0 aliphatic carbocycles. The first kappa shape index (κ1) is 20.5. The number of rotatable bonds is 2. The number of esters is 1. The molecule has 2 aliphatic heterocycles. The van der Waals surface area contributed by atoms with Gasteiger partial charge in [-0.3, -0.25) is 9.59 Å². The van der Waals surface area contributed by atoms with Gasteiger partial charge in [0.15, 0.2) is 18.3 Å². The molecule has 3 aromatic rings. The van der Waals surface area contributed by atoms with Crippen molar-refractivity contribution in [2.24, 2.45) is 0 Å². The Bertz CT molecular complexity index is 1390. The van der Waals surface area contributed by atoms with Crippen molar-refractivity contribution < 1.29 is 33.3 Å². The Labute approximate surface area is 186 Å². The lowest BCUT2D eigenvalue weighted by Gasteiger charge is -2.30. The van der Waals surface area contributed by atoms with E-state index in [-0.39, 0.29) is 42.1 Å². The molecule has 32 heavy (non-hydrogen) atoms. The zero-order valence-electron chi connectivity index (χ0n) is 17.1. The van der Waals surface area contributed by atoms with Gasteiger partial charge in [-0.05, 0) is 31.5 Å². The van der Waals surface area contributed by atoms with Crippen LogP contribution < -0.4 is 15.1 Å². The summed E-state index contributed by atoms with van der Waals surface area (Å²) in [7, 11) is 0. The second-order valence-electron chi connectivity index (χ2n) is 7.80. The van der Waals surface area contributed by atoms with Crippen LogP contribution in [0.5, 0.6) is 17.2 Å². The lowest BCUT2D eigenvalue weighted by Crippen LogP contribution is -2.25. The van der Waals surface area contributed by atoms with E-state index in [1.54, 1.807) is 19.1 Å². The average molecular weight is 457 g/mol. The molecule has 0 amide bonds. The summed E-state index contributed by atoms with van der Waals surface area (Å²) in [4.78, 5) is 37.3. The van der Waals surface area contributed by atoms with Crippen molar-refractivity contribution >= 4 is 34.3 Å². The number of phenols is 1. The molecule has 1 N–H and O–H groups in total. The number of ketones is 1. The fourth-order valence-electron chi connectivity index (χ4n) is 4.47. The van der Waals surface area contributed by atoms with E-state index >= 15 is 0 Å².